The van der Waals surface area contributed by atoms with Crippen molar-refractivity contribution in [3.63, 3.8) is 0 Å². The average molecular weight is 230 g/mol. The van der Waals surface area contributed by atoms with Gasteiger partial charge < -0.3 is 11.1 Å². The Morgan fingerprint density at radius 3 is 2.82 bits per heavy atom. The summed E-state index contributed by atoms with van der Waals surface area (Å²) in [5, 5.41) is 3.71. The highest BCUT2D eigenvalue weighted by Gasteiger charge is 2.39. The monoisotopic (exact) mass is 230 g/mol. The van der Waals surface area contributed by atoms with Crippen molar-refractivity contribution in [1.82, 2.24) is 0 Å². The van der Waals surface area contributed by atoms with Gasteiger partial charge >= 0.3 is 0 Å². The van der Waals surface area contributed by atoms with Crippen molar-refractivity contribution in [2.75, 3.05) is 5.32 Å². The SMILES string of the molecule is CC(N)c1cccc(NC2CC3CCC2C3)c1. The molecule has 1 aromatic carbocycles. The van der Waals surface area contributed by atoms with Crippen LogP contribution in [0.15, 0.2) is 24.3 Å². The number of nitrogens with two attached hydrogens (primary N) is 1. The van der Waals surface area contributed by atoms with Crippen LogP contribution in [0.2, 0.25) is 0 Å². The largest absolute Gasteiger partial charge is 0.382 e. The maximum Gasteiger partial charge on any atom is 0.0345 e. The normalized spacial score (nSPS) is 32.7. The molecule has 2 aliphatic carbocycles. The van der Waals surface area contributed by atoms with E-state index in [1.54, 1.807) is 0 Å². The highest BCUT2D eigenvalue weighted by atomic mass is 14.9. The number of hydrogen-bond donors (Lipinski definition) is 2. The molecule has 0 aliphatic heterocycles. The fourth-order valence-corrected chi connectivity index (χ4v) is 3.55. The van der Waals surface area contributed by atoms with Gasteiger partial charge in [0.1, 0.15) is 0 Å². The lowest BCUT2D eigenvalue weighted by atomic mass is 9.95. The molecule has 0 radical (unpaired) electrons. The fraction of sp³-hybridized carbons (Fsp3) is 0.600. The summed E-state index contributed by atoms with van der Waals surface area (Å²) in [6.07, 6.45) is 5.70. The van der Waals surface area contributed by atoms with Crippen LogP contribution in [0.4, 0.5) is 5.69 Å². The summed E-state index contributed by atoms with van der Waals surface area (Å²) in [4.78, 5) is 0. The third kappa shape index (κ3) is 2.19. The minimum absolute atomic E-state index is 0.122. The Labute approximate surface area is 104 Å². The molecule has 0 spiro atoms. The Morgan fingerprint density at radius 2 is 2.18 bits per heavy atom. The van der Waals surface area contributed by atoms with Gasteiger partial charge in [0, 0.05) is 17.8 Å². The molecule has 4 unspecified atom stereocenters. The van der Waals surface area contributed by atoms with Gasteiger partial charge in [0.2, 0.25) is 0 Å². The third-order valence-electron chi connectivity index (χ3n) is 4.50. The molecule has 2 bridgehead atoms. The molecule has 3 N–H and O–H groups in total. The van der Waals surface area contributed by atoms with Gasteiger partial charge in [-0.3, -0.25) is 0 Å². The van der Waals surface area contributed by atoms with Gasteiger partial charge in [-0.15, -0.1) is 0 Å². The summed E-state index contributed by atoms with van der Waals surface area (Å²) in [7, 11) is 0. The number of fused-ring (bicyclic) bond motifs is 2. The maximum absolute atomic E-state index is 5.92. The second-order valence-electron chi connectivity index (χ2n) is 5.84. The van der Waals surface area contributed by atoms with Crippen LogP contribution in [0.1, 0.15) is 44.2 Å². The first-order valence-electron chi connectivity index (χ1n) is 6.84. The lowest BCUT2D eigenvalue weighted by Crippen LogP contribution is -2.25. The molecule has 4 atom stereocenters. The van der Waals surface area contributed by atoms with Crippen molar-refractivity contribution >= 4 is 5.69 Å². The number of benzene rings is 1. The number of rotatable bonds is 3. The Kier molecular flexibility index (Phi) is 2.83. The molecular formula is C15H22N2. The molecule has 2 saturated carbocycles. The highest BCUT2D eigenvalue weighted by molar-refractivity contribution is 5.47. The Morgan fingerprint density at radius 1 is 1.29 bits per heavy atom. The van der Waals surface area contributed by atoms with E-state index < -0.39 is 0 Å². The molecule has 2 aliphatic rings. The molecule has 0 saturated heterocycles. The smallest absolute Gasteiger partial charge is 0.0345 e. The van der Waals surface area contributed by atoms with E-state index in [-0.39, 0.29) is 6.04 Å². The van der Waals surface area contributed by atoms with Crippen LogP contribution in [0.3, 0.4) is 0 Å². The molecule has 2 nitrogen and oxygen atoms in total. The first kappa shape index (κ1) is 11.1. The molecule has 3 rings (SSSR count). The van der Waals surface area contributed by atoms with Crippen LogP contribution < -0.4 is 11.1 Å². The van der Waals surface area contributed by atoms with E-state index in [4.69, 9.17) is 5.73 Å². The molecular weight excluding hydrogens is 208 g/mol. The van der Waals surface area contributed by atoms with E-state index >= 15 is 0 Å². The van der Waals surface area contributed by atoms with Gasteiger partial charge in [0.05, 0.1) is 0 Å². The van der Waals surface area contributed by atoms with Crippen molar-refractivity contribution in [3.8, 4) is 0 Å². The van der Waals surface area contributed by atoms with Crippen LogP contribution >= 0.6 is 0 Å². The molecule has 17 heavy (non-hydrogen) atoms. The van der Waals surface area contributed by atoms with Gasteiger partial charge in [-0.2, -0.15) is 0 Å². The number of hydrogen-bond acceptors (Lipinski definition) is 2. The summed E-state index contributed by atoms with van der Waals surface area (Å²) in [6, 6.07) is 9.41. The van der Waals surface area contributed by atoms with Crippen LogP contribution in [-0.2, 0) is 0 Å². The molecule has 92 valence electrons. The predicted molar refractivity (Wildman–Crippen MR) is 71.9 cm³/mol. The van der Waals surface area contributed by atoms with Crippen molar-refractivity contribution in [2.45, 2.75) is 44.7 Å². The predicted octanol–water partition coefficient (Wildman–Crippen LogP) is 3.31. The standard InChI is InChI=1S/C15H22N2/c1-10(16)12-3-2-4-14(9-12)17-15-8-11-5-6-13(15)7-11/h2-4,9-11,13,15,17H,5-8,16H2,1H3. The van der Waals surface area contributed by atoms with E-state index in [0.29, 0.717) is 6.04 Å². The third-order valence-corrected chi connectivity index (χ3v) is 4.50. The second kappa shape index (κ2) is 4.34. The van der Waals surface area contributed by atoms with Crippen molar-refractivity contribution in [2.24, 2.45) is 17.6 Å². The van der Waals surface area contributed by atoms with E-state index in [0.717, 1.165) is 11.8 Å². The van der Waals surface area contributed by atoms with Gasteiger partial charge in [0.15, 0.2) is 0 Å². The molecule has 0 amide bonds. The van der Waals surface area contributed by atoms with Crippen LogP contribution in [0, 0.1) is 11.8 Å². The van der Waals surface area contributed by atoms with Crippen molar-refractivity contribution in [1.29, 1.82) is 0 Å². The lowest BCUT2D eigenvalue weighted by Gasteiger charge is -2.24. The van der Waals surface area contributed by atoms with E-state index in [1.807, 2.05) is 6.92 Å². The van der Waals surface area contributed by atoms with Gasteiger partial charge in [-0.05, 0) is 55.7 Å². The second-order valence-corrected chi connectivity index (χ2v) is 5.84. The summed E-state index contributed by atoms with van der Waals surface area (Å²) in [5.41, 5.74) is 8.39. The fourth-order valence-electron chi connectivity index (χ4n) is 3.55. The molecule has 0 aromatic heterocycles. The zero-order valence-electron chi connectivity index (χ0n) is 10.5. The summed E-state index contributed by atoms with van der Waals surface area (Å²) in [6.45, 7) is 2.04. The summed E-state index contributed by atoms with van der Waals surface area (Å²) in [5.74, 6) is 1.91. The summed E-state index contributed by atoms with van der Waals surface area (Å²) >= 11 is 0. The van der Waals surface area contributed by atoms with Gasteiger partial charge in [0.25, 0.3) is 0 Å². The first-order valence-corrected chi connectivity index (χ1v) is 6.84. The topological polar surface area (TPSA) is 38.0 Å². The Hall–Kier alpha value is -1.02. The first-order chi connectivity index (χ1) is 8.22. The maximum atomic E-state index is 5.92. The number of nitrogens with one attached hydrogen (secondary N) is 1. The minimum Gasteiger partial charge on any atom is -0.382 e. The zero-order chi connectivity index (χ0) is 11.8. The molecule has 0 heterocycles. The van der Waals surface area contributed by atoms with Crippen molar-refractivity contribution < 1.29 is 0 Å². The molecule has 1 aromatic rings. The Bertz CT molecular complexity index is 400. The zero-order valence-corrected chi connectivity index (χ0v) is 10.5. The molecule has 2 fully saturated rings. The molecule has 2 heteroatoms. The van der Waals surface area contributed by atoms with Crippen molar-refractivity contribution in [3.05, 3.63) is 29.8 Å². The van der Waals surface area contributed by atoms with E-state index in [1.165, 1.54) is 36.9 Å². The van der Waals surface area contributed by atoms with E-state index in [9.17, 15) is 0 Å². The number of anilines is 1. The van der Waals surface area contributed by atoms with Gasteiger partial charge in [-0.1, -0.05) is 18.6 Å². The minimum atomic E-state index is 0.122. The Balaban J connectivity index is 1.70. The quantitative estimate of drug-likeness (QED) is 0.836. The van der Waals surface area contributed by atoms with Gasteiger partial charge in [-0.25, -0.2) is 0 Å². The van der Waals surface area contributed by atoms with Crippen LogP contribution in [0.5, 0.6) is 0 Å². The lowest BCUT2D eigenvalue weighted by molar-refractivity contribution is 0.440. The summed E-state index contributed by atoms with van der Waals surface area (Å²) < 4.78 is 0. The average Bonchev–Trinajstić information content (AvgIpc) is 2.91. The van der Waals surface area contributed by atoms with Crippen LogP contribution in [-0.4, -0.2) is 6.04 Å². The highest BCUT2D eigenvalue weighted by Crippen LogP contribution is 2.45. The van der Waals surface area contributed by atoms with Crippen LogP contribution in [0.25, 0.3) is 0 Å². The van der Waals surface area contributed by atoms with E-state index in [2.05, 4.69) is 29.6 Å².